The van der Waals surface area contributed by atoms with E-state index in [-0.39, 0.29) is 5.97 Å². The van der Waals surface area contributed by atoms with Gasteiger partial charge in [-0.1, -0.05) is 104 Å². The largest absolute Gasteiger partial charge is 0.462 e. The van der Waals surface area contributed by atoms with Crippen molar-refractivity contribution in [2.75, 3.05) is 6.61 Å². The summed E-state index contributed by atoms with van der Waals surface area (Å²) in [6.07, 6.45) is 10.4. The lowest BCUT2D eigenvalue weighted by atomic mass is 9.99. The van der Waals surface area contributed by atoms with Gasteiger partial charge in [0.2, 0.25) is 0 Å². The fourth-order valence-electron chi connectivity index (χ4n) is 4.99. The summed E-state index contributed by atoms with van der Waals surface area (Å²) in [5, 5.41) is 5.32. The molecule has 0 radical (unpaired) electrons. The molecule has 0 unspecified atom stereocenters. The van der Waals surface area contributed by atoms with Gasteiger partial charge in [0.1, 0.15) is 0 Å². The van der Waals surface area contributed by atoms with E-state index < -0.39 is 0 Å². The van der Waals surface area contributed by atoms with Gasteiger partial charge in [0.05, 0.1) is 6.61 Å². The van der Waals surface area contributed by atoms with Gasteiger partial charge in [-0.15, -0.1) is 0 Å². The van der Waals surface area contributed by atoms with E-state index in [9.17, 15) is 4.79 Å². The summed E-state index contributed by atoms with van der Waals surface area (Å²) in [7, 11) is 0. The van der Waals surface area contributed by atoms with Crippen LogP contribution in [0.2, 0.25) is 0 Å². The first kappa shape index (κ1) is 25.7. The third kappa shape index (κ3) is 7.31. The third-order valence-electron chi connectivity index (χ3n) is 7.05. The molecule has 0 heterocycles. The lowest BCUT2D eigenvalue weighted by Gasteiger charge is -2.09. The Morgan fingerprint density at radius 1 is 0.583 bits per heavy atom. The minimum absolute atomic E-state index is 0.222. The Labute approximate surface area is 216 Å². The minimum Gasteiger partial charge on any atom is -0.462 e. The van der Waals surface area contributed by atoms with Gasteiger partial charge < -0.3 is 4.74 Å². The molecule has 2 nitrogen and oxygen atoms in total. The predicted octanol–water partition coefficient (Wildman–Crippen LogP) is 9.00. The topological polar surface area (TPSA) is 26.3 Å². The van der Waals surface area contributed by atoms with Gasteiger partial charge in [-0.05, 0) is 84.0 Å². The number of rotatable bonds is 14. The molecular weight excluding hydrogens is 440 g/mol. The molecular formula is C34H38O2. The van der Waals surface area contributed by atoms with E-state index in [1.54, 1.807) is 0 Å². The highest BCUT2D eigenvalue weighted by atomic mass is 16.5. The first-order chi connectivity index (χ1) is 17.7. The maximum atomic E-state index is 12.3. The number of unbranched alkanes of at least 4 members (excludes halogenated alkanes) is 5. The minimum atomic E-state index is -0.222. The highest BCUT2D eigenvalue weighted by molar-refractivity contribution is 5.88. The summed E-state index contributed by atoms with van der Waals surface area (Å²) in [5.41, 5.74) is 3.44. The van der Waals surface area contributed by atoms with Crippen LogP contribution < -0.4 is 0 Å². The number of fused-ring (bicyclic) bond motifs is 2. The molecule has 0 N–H and O–H groups in total. The molecule has 4 aromatic rings. The SMILES string of the molecule is C=C(CCCCCCc1cccc2ccccc12)C(=O)OCCCCCc1cccc2ccccc12. The summed E-state index contributed by atoms with van der Waals surface area (Å²) in [4.78, 5) is 12.3. The summed E-state index contributed by atoms with van der Waals surface area (Å²) in [6, 6.07) is 30.2. The molecule has 0 aliphatic heterocycles. The van der Waals surface area contributed by atoms with Crippen LogP contribution in [0.3, 0.4) is 0 Å². The molecule has 36 heavy (non-hydrogen) atoms. The van der Waals surface area contributed by atoms with Gasteiger partial charge in [0.25, 0.3) is 0 Å². The molecule has 0 fully saturated rings. The third-order valence-corrected chi connectivity index (χ3v) is 7.05. The second kappa shape index (κ2) is 13.6. The van der Waals surface area contributed by atoms with Crippen LogP contribution in [0.15, 0.2) is 97.1 Å². The molecule has 0 aliphatic carbocycles. The zero-order chi connectivity index (χ0) is 25.0. The van der Waals surface area contributed by atoms with Crippen molar-refractivity contribution in [3.8, 4) is 0 Å². The molecule has 2 heteroatoms. The Kier molecular flexibility index (Phi) is 9.73. The van der Waals surface area contributed by atoms with Crippen molar-refractivity contribution in [2.45, 2.75) is 64.2 Å². The molecule has 186 valence electrons. The van der Waals surface area contributed by atoms with E-state index in [0.29, 0.717) is 12.2 Å². The van der Waals surface area contributed by atoms with E-state index in [4.69, 9.17) is 4.74 Å². The Morgan fingerprint density at radius 2 is 1.08 bits per heavy atom. The first-order valence-corrected chi connectivity index (χ1v) is 13.5. The maximum Gasteiger partial charge on any atom is 0.333 e. The van der Waals surface area contributed by atoms with Crippen LogP contribution >= 0.6 is 0 Å². The van der Waals surface area contributed by atoms with E-state index in [2.05, 4.69) is 91.5 Å². The number of carbonyl (C=O) groups excluding carboxylic acids is 1. The first-order valence-electron chi connectivity index (χ1n) is 13.5. The number of hydrogen-bond donors (Lipinski definition) is 0. The Hall–Kier alpha value is -3.39. The summed E-state index contributed by atoms with van der Waals surface area (Å²) >= 11 is 0. The Bertz CT molecular complexity index is 1170. The lowest BCUT2D eigenvalue weighted by molar-refractivity contribution is -0.139. The quantitative estimate of drug-likeness (QED) is 0.103. The van der Waals surface area contributed by atoms with E-state index in [1.807, 2.05) is 0 Å². The van der Waals surface area contributed by atoms with E-state index >= 15 is 0 Å². The maximum absolute atomic E-state index is 12.3. The Morgan fingerprint density at radius 3 is 1.69 bits per heavy atom. The van der Waals surface area contributed by atoms with Gasteiger partial charge in [-0.2, -0.15) is 0 Å². The molecule has 0 aliphatic rings. The van der Waals surface area contributed by atoms with Crippen molar-refractivity contribution in [3.05, 3.63) is 108 Å². The van der Waals surface area contributed by atoms with Crippen molar-refractivity contribution in [3.63, 3.8) is 0 Å². The van der Waals surface area contributed by atoms with Gasteiger partial charge in [0, 0.05) is 5.57 Å². The number of aryl methyl sites for hydroxylation is 2. The van der Waals surface area contributed by atoms with Crippen LogP contribution in [-0.2, 0) is 22.4 Å². The number of ether oxygens (including phenoxy) is 1. The monoisotopic (exact) mass is 478 g/mol. The highest BCUT2D eigenvalue weighted by Gasteiger charge is 2.08. The summed E-state index contributed by atoms with van der Waals surface area (Å²) in [5.74, 6) is -0.222. The van der Waals surface area contributed by atoms with Crippen molar-refractivity contribution < 1.29 is 9.53 Å². The zero-order valence-electron chi connectivity index (χ0n) is 21.4. The van der Waals surface area contributed by atoms with Crippen molar-refractivity contribution in [1.82, 2.24) is 0 Å². The fraction of sp³-hybridized carbons (Fsp3) is 0.324. The normalized spacial score (nSPS) is 11.1. The number of esters is 1. The molecule has 0 saturated heterocycles. The number of carbonyl (C=O) groups is 1. The van der Waals surface area contributed by atoms with E-state index in [1.165, 1.54) is 45.5 Å². The predicted molar refractivity (Wildman–Crippen MR) is 152 cm³/mol. The smallest absolute Gasteiger partial charge is 0.333 e. The van der Waals surface area contributed by atoms with Crippen LogP contribution in [0, 0.1) is 0 Å². The molecule has 4 aromatic carbocycles. The summed E-state index contributed by atoms with van der Waals surface area (Å²) < 4.78 is 5.46. The zero-order valence-corrected chi connectivity index (χ0v) is 21.4. The molecule has 4 rings (SSSR count). The molecule has 0 amide bonds. The Balaban J connectivity index is 1.04. The van der Waals surface area contributed by atoms with Crippen molar-refractivity contribution >= 4 is 27.5 Å². The van der Waals surface area contributed by atoms with Crippen LogP contribution in [0.4, 0.5) is 0 Å². The molecule has 0 spiro atoms. The van der Waals surface area contributed by atoms with Gasteiger partial charge in [-0.3, -0.25) is 0 Å². The van der Waals surface area contributed by atoms with Crippen LogP contribution in [-0.4, -0.2) is 12.6 Å². The second-order valence-corrected chi connectivity index (χ2v) is 9.74. The van der Waals surface area contributed by atoms with Crippen LogP contribution in [0.25, 0.3) is 21.5 Å². The van der Waals surface area contributed by atoms with Crippen molar-refractivity contribution in [2.24, 2.45) is 0 Å². The molecule has 0 saturated carbocycles. The van der Waals surface area contributed by atoms with Crippen molar-refractivity contribution in [1.29, 1.82) is 0 Å². The van der Waals surface area contributed by atoms with Crippen LogP contribution in [0.5, 0.6) is 0 Å². The average Bonchev–Trinajstić information content (AvgIpc) is 2.92. The average molecular weight is 479 g/mol. The van der Waals surface area contributed by atoms with Crippen LogP contribution in [0.1, 0.15) is 62.5 Å². The number of benzene rings is 4. The van der Waals surface area contributed by atoms with Gasteiger partial charge in [0.15, 0.2) is 0 Å². The second-order valence-electron chi connectivity index (χ2n) is 9.74. The van der Waals surface area contributed by atoms with E-state index in [0.717, 1.165) is 51.4 Å². The fourth-order valence-corrected chi connectivity index (χ4v) is 4.99. The van der Waals surface area contributed by atoms with Gasteiger partial charge in [-0.25, -0.2) is 4.79 Å². The molecule has 0 aromatic heterocycles. The standard InChI is InChI=1S/C34H38O2/c1-27(15-5-2-3-6-16-28-20-13-22-30-18-8-10-24-32(28)30)34(35)36-26-12-4-7-17-29-21-14-23-31-19-9-11-25-33(29)31/h8-11,13-14,18-25H,1-7,12,15-17,26H2. The molecule has 0 bridgehead atoms. The molecule has 0 atom stereocenters. The van der Waals surface area contributed by atoms with Gasteiger partial charge >= 0.3 is 5.97 Å². The summed E-state index contributed by atoms with van der Waals surface area (Å²) in [6.45, 7) is 4.45. The lowest BCUT2D eigenvalue weighted by Crippen LogP contribution is -2.08. The number of hydrogen-bond acceptors (Lipinski definition) is 2. The highest BCUT2D eigenvalue weighted by Crippen LogP contribution is 2.22.